The number of carbonyl (C=O) groups excluding carboxylic acids is 1. The summed E-state index contributed by atoms with van der Waals surface area (Å²) in [6, 6.07) is 0. The van der Waals surface area contributed by atoms with Crippen LogP contribution >= 0.6 is 0 Å². The van der Waals surface area contributed by atoms with Gasteiger partial charge < -0.3 is 10.4 Å². The summed E-state index contributed by atoms with van der Waals surface area (Å²) in [6.45, 7) is 2.73. The van der Waals surface area contributed by atoms with Crippen molar-refractivity contribution < 1.29 is 19.6 Å². The van der Waals surface area contributed by atoms with Crippen molar-refractivity contribution >= 4 is 11.9 Å². The number of amides is 1. The summed E-state index contributed by atoms with van der Waals surface area (Å²) in [5.74, 6) is -1.64. The number of nitrogens with one attached hydrogen (secondary N) is 1. The molecule has 1 atom stereocenters. The lowest BCUT2D eigenvalue weighted by atomic mass is 9.98. The van der Waals surface area contributed by atoms with Gasteiger partial charge in [-0.15, -0.1) is 0 Å². The van der Waals surface area contributed by atoms with E-state index in [0.29, 0.717) is 0 Å². The van der Waals surface area contributed by atoms with Crippen molar-refractivity contribution in [2.24, 2.45) is 0 Å². The summed E-state index contributed by atoms with van der Waals surface area (Å²) < 4.78 is 0. The van der Waals surface area contributed by atoms with Gasteiger partial charge in [-0.25, -0.2) is 4.79 Å². The molecule has 0 saturated heterocycles. The highest BCUT2D eigenvalue weighted by molar-refractivity contribution is 5.90. The van der Waals surface area contributed by atoms with Crippen LogP contribution in [-0.4, -0.2) is 27.4 Å². The highest BCUT2D eigenvalue weighted by Gasteiger charge is 2.28. The molecule has 18 heavy (non-hydrogen) atoms. The molecule has 96 valence electrons. The maximum atomic E-state index is 11.1. The molecule has 7 heteroatoms. The van der Waals surface area contributed by atoms with Gasteiger partial charge in [0.1, 0.15) is 0 Å². The second-order valence-electron chi connectivity index (χ2n) is 4.03. The first-order valence-corrected chi connectivity index (χ1v) is 5.04. The average molecular weight is 252 g/mol. The lowest BCUT2D eigenvalue weighted by molar-refractivity contribution is -0.419. The van der Waals surface area contributed by atoms with Gasteiger partial charge in [0.2, 0.25) is 5.91 Å². The van der Waals surface area contributed by atoms with Crippen LogP contribution in [0.25, 0.3) is 0 Å². The summed E-state index contributed by atoms with van der Waals surface area (Å²) in [4.78, 5) is 32.1. The predicted molar refractivity (Wildman–Crippen MR) is 62.2 cm³/mol. The molecule has 2 N–H and O–H groups in total. The van der Waals surface area contributed by atoms with Crippen molar-refractivity contribution in [2.75, 3.05) is 0 Å². The van der Waals surface area contributed by atoms with Crippen LogP contribution in [0, 0.1) is 10.1 Å². The molecule has 7 nitrogen and oxygen atoms in total. The fourth-order valence-corrected chi connectivity index (χ4v) is 1.64. The fraction of sp³-hybridized carbons (Fsp3) is 0.273. The number of carboxylic acid groups (broad SMARTS) is 1. The molecule has 1 amide bonds. The molecule has 0 aliphatic heterocycles. The molecule has 0 fully saturated rings. The highest BCUT2D eigenvalue weighted by Crippen LogP contribution is 2.20. The molecule has 0 aromatic heterocycles. The minimum absolute atomic E-state index is 0.126. The van der Waals surface area contributed by atoms with Gasteiger partial charge in [-0.2, -0.15) is 0 Å². The molecule has 0 heterocycles. The Kier molecular flexibility index (Phi) is 3.65. The van der Waals surface area contributed by atoms with Crippen molar-refractivity contribution in [2.45, 2.75) is 19.4 Å². The van der Waals surface area contributed by atoms with Crippen LogP contribution in [0.4, 0.5) is 0 Å². The number of hydrogen-bond acceptors (Lipinski definition) is 4. The topological polar surface area (TPSA) is 110 Å². The van der Waals surface area contributed by atoms with Gasteiger partial charge in [0.15, 0.2) is 0 Å². The van der Waals surface area contributed by atoms with Gasteiger partial charge >= 0.3 is 5.97 Å². The van der Waals surface area contributed by atoms with Crippen molar-refractivity contribution in [1.29, 1.82) is 0 Å². The van der Waals surface area contributed by atoms with Crippen LogP contribution in [0.5, 0.6) is 0 Å². The zero-order chi connectivity index (χ0) is 13.9. The Hall–Kier alpha value is -2.44. The van der Waals surface area contributed by atoms with Crippen LogP contribution in [0.15, 0.2) is 35.6 Å². The molecule has 1 unspecified atom stereocenters. The van der Waals surface area contributed by atoms with E-state index in [2.05, 4.69) is 5.32 Å². The summed E-state index contributed by atoms with van der Waals surface area (Å²) in [5, 5.41) is 22.2. The Morgan fingerprint density at radius 3 is 2.44 bits per heavy atom. The Bertz CT molecular complexity index is 468. The summed E-state index contributed by atoms with van der Waals surface area (Å²) in [5.41, 5.74) is -1.62. The second kappa shape index (κ2) is 4.82. The van der Waals surface area contributed by atoms with E-state index in [1.807, 2.05) is 0 Å². The third-order valence-electron chi connectivity index (χ3n) is 2.24. The van der Waals surface area contributed by atoms with E-state index < -0.39 is 22.3 Å². The molecule has 0 saturated carbocycles. The summed E-state index contributed by atoms with van der Waals surface area (Å²) in [7, 11) is 0. The van der Waals surface area contributed by atoms with E-state index in [1.165, 1.54) is 26.0 Å². The quantitative estimate of drug-likeness (QED) is 0.565. The van der Waals surface area contributed by atoms with Crippen LogP contribution in [-0.2, 0) is 9.59 Å². The molecule has 1 aliphatic rings. The first kappa shape index (κ1) is 13.6. The molecule has 0 bridgehead atoms. The van der Waals surface area contributed by atoms with Gasteiger partial charge in [-0.1, -0.05) is 0 Å². The lowest BCUT2D eigenvalue weighted by Crippen LogP contribution is -2.42. The molecular formula is C11H12N2O5. The van der Waals surface area contributed by atoms with Gasteiger partial charge in [-0.3, -0.25) is 14.9 Å². The van der Waals surface area contributed by atoms with E-state index in [0.717, 1.165) is 12.2 Å². The van der Waals surface area contributed by atoms with E-state index >= 15 is 0 Å². The third kappa shape index (κ3) is 3.27. The van der Waals surface area contributed by atoms with Crippen LogP contribution in [0.3, 0.4) is 0 Å². The molecule has 0 spiro atoms. The maximum Gasteiger partial charge on any atom is 0.335 e. The zero-order valence-corrected chi connectivity index (χ0v) is 9.84. The van der Waals surface area contributed by atoms with Crippen molar-refractivity contribution in [3.05, 3.63) is 45.7 Å². The molecule has 0 radical (unpaired) electrons. The number of nitrogens with zero attached hydrogens (tertiary/aromatic N) is 1. The second-order valence-corrected chi connectivity index (χ2v) is 4.03. The molecule has 0 aromatic rings. The SMILES string of the molecule is CC(=O)NC1(C)C=C(C(=O)O)C=CC([N+](=O)[O-])=C1. The Morgan fingerprint density at radius 2 is 2.00 bits per heavy atom. The van der Waals surface area contributed by atoms with E-state index in [1.54, 1.807) is 0 Å². The number of nitro groups is 1. The highest BCUT2D eigenvalue weighted by atomic mass is 16.6. The van der Waals surface area contributed by atoms with Crippen LogP contribution in [0.2, 0.25) is 0 Å². The van der Waals surface area contributed by atoms with Crippen molar-refractivity contribution in [1.82, 2.24) is 5.32 Å². The normalized spacial score (nSPS) is 22.6. The number of carbonyl (C=O) groups is 2. The number of aliphatic carboxylic acids is 1. The van der Waals surface area contributed by atoms with Crippen LogP contribution in [0.1, 0.15) is 13.8 Å². The van der Waals surface area contributed by atoms with Crippen molar-refractivity contribution in [3.63, 3.8) is 0 Å². The summed E-state index contributed by atoms with van der Waals surface area (Å²) in [6.07, 6.45) is 4.67. The number of carboxylic acids is 1. The number of hydrogen-bond donors (Lipinski definition) is 2. The first-order valence-electron chi connectivity index (χ1n) is 5.04. The Morgan fingerprint density at radius 1 is 1.39 bits per heavy atom. The number of allylic oxidation sites excluding steroid dienone is 1. The van der Waals surface area contributed by atoms with E-state index in [-0.39, 0.29) is 11.3 Å². The smallest absolute Gasteiger partial charge is 0.335 e. The third-order valence-corrected chi connectivity index (χ3v) is 2.24. The van der Waals surface area contributed by atoms with Crippen molar-refractivity contribution in [3.8, 4) is 0 Å². The molecule has 0 aromatic carbocycles. The zero-order valence-electron chi connectivity index (χ0n) is 9.84. The van der Waals surface area contributed by atoms with Gasteiger partial charge in [0, 0.05) is 19.1 Å². The van der Waals surface area contributed by atoms with Gasteiger partial charge in [-0.05, 0) is 19.1 Å². The summed E-state index contributed by atoms with van der Waals surface area (Å²) >= 11 is 0. The standard InChI is InChI=1S/C11H12N2O5/c1-7(14)12-11(2)5-8(10(15)16)3-4-9(6-11)13(17)18/h3-6H,1-2H3,(H,12,14)(H,15,16). The van der Waals surface area contributed by atoms with Crippen LogP contribution < -0.4 is 5.32 Å². The minimum atomic E-state index is -1.22. The number of rotatable bonds is 3. The monoisotopic (exact) mass is 252 g/mol. The van der Waals surface area contributed by atoms with Gasteiger partial charge in [0.25, 0.3) is 5.70 Å². The molecule has 1 rings (SSSR count). The average Bonchev–Trinajstić information content (AvgIpc) is 2.36. The lowest BCUT2D eigenvalue weighted by Gasteiger charge is -2.22. The van der Waals surface area contributed by atoms with E-state index in [9.17, 15) is 19.7 Å². The Labute approximate surface area is 103 Å². The Balaban J connectivity index is 3.29. The fourth-order valence-electron chi connectivity index (χ4n) is 1.64. The maximum absolute atomic E-state index is 11.1. The first-order chi connectivity index (χ1) is 8.23. The predicted octanol–water partition coefficient (Wildman–Crippen LogP) is 0.623. The molecular weight excluding hydrogens is 240 g/mol. The largest absolute Gasteiger partial charge is 0.478 e. The van der Waals surface area contributed by atoms with E-state index in [4.69, 9.17) is 5.11 Å². The van der Waals surface area contributed by atoms with Gasteiger partial charge in [0.05, 0.1) is 16.0 Å². The minimum Gasteiger partial charge on any atom is -0.478 e. The molecule has 1 aliphatic carbocycles.